The molecule has 2 rings (SSSR count). The molecule has 0 aromatic heterocycles. The lowest BCUT2D eigenvalue weighted by Gasteiger charge is -2.30. The Morgan fingerprint density at radius 2 is 1.95 bits per heavy atom. The molecule has 0 bridgehead atoms. The number of aryl methyl sites for hydroxylation is 2. The number of imide groups is 1. The highest BCUT2D eigenvalue weighted by molar-refractivity contribution is 5.99. The minimum Gasteiger partial charge on any atom is -0.296 e. The van der Waals surface area contributed by atoms with Crippen LogP contribution in [-0.2, 0) is 9.59 Å². The lowest BCUT2D eigenvalue weighted by Crippen LogP contribution is -2.44. The molecule has 1 saturated heterocycles. The fourth-order valence-electron chi connectivity index (χ4n) is 2.79. The van der Waals surface area contributed by atoms with Gasteiger partial charge in [0.05, 0.1) is 0 Å². The van der Waals surface area contributed by atoms with Crippen LogP contribution >= 0.6 is 0 Å². The average Bonchev–Trinajstić information content (AvgIpc) is 2.36. The summed E-state index contributed by atoms with van der Waals surface area (Å²) in [6.07, 6.45) is 2.20. The summed E-state index contributed by atoms with van der Waals surface area (Å²) in [4.78, 5) is 23.6. The molecule has 1 aromatic carbocycles. The molecule has 1 aliphatic rings. The van der Waals surface area contributed by atoms with Crippen molar-refractivity contribution in [2.45, 2.75) is 46.0 Å². The monoisotopic (exact) mass is 259 g/mol. The third kappa shape index (κ3) is 2.86. The SMILES string of the molecule is CCCC1C(=O)NC(=O)CC1c1ccc(C)c(C)c1. The van der Waals surface area contributed by atoms with Crippen LogP contribution in [0, 0.1) is 19.8 Å². The molecule has 1 aliphatic heterocycles. The second-order valence-corrected chi connectivity index (χ2v) is 5.46. The van der Waals surface area contributed by atoms with E-state index in [1.165, 1.54) is 11.1 Å². The second kappa shape index (κ2) is 5.55. The number of carbonyl (C=O) groups excluding carboxylic acids is 2. The van der Waals surface area contributed by atoms with Crippen LogP contribution in [0.3, 0.4) is 0 Å². The zero-order valence-electron chi connectivity index (χ0n) is 11.8. The third-order valence-electron chi connectivity index (χ3n) is 4.05. The summed E-state index contributed by atoms with van der Waals surface area (Å²) in [7, 11) is 0. The first-order chi connectivity index (χ1) is 9.02. The van der Waals surface area contributed by atoms with Gasteiger partial charge in [-0.15, -0.1) is 0 Å². The van der Waals surface area contributed by atoms with E-state index < -0.39 is 0 Å². The van der Waals surface area contributed by atoms with Crippen LogP contribution < -0.4 is 5.32 Å². The Bertz CT molecular complexity index is 507. The van der Waals surface area contributed by atoms with E-state index >= 15 is 0 Å². The zero-order chi connectivity index (χ0) is 14.0. The molecule has 3 nitrogen and oxygen atoms in total. The lowest BCUT2D eigenvalue weighted by atomic mass is 9.77. The van der Waals surface area contributed by atoms with Crippen LogP contribution in [0.2, 0.25) is 0 Å². The molecule has 1 heterocycles. The molecule has 3 heteroatoms. The molecular weight excluding hydrogens is 238 g/mol. The van der Waals surface area contributed by atoms with Gasteiger partial charge in [-0.3, -0.25) is 14.9 Å². The third-order valence-corrected chi connectivity index (χ3v) is 4.05. The molecule has 2 atom stereocenters. The van der Waals surface area contributed by atoms with Crippen molar-refractivity contribution in [3.05, 3.63) is 34.9 Å². The first kappa shape index (κ1) is 13.8. The van der Waals surface area contributed by atoms with E-state index in [-0.39, 0.29) is 23.7 Å². The van der Waals surface area contributed by atoms with Gasteiger partial charge in [-0.1, -0.05) is 31.5 Å². The van der Waals surface area contributed by atoms with Gasteiger partial charge in [0.25, 0.3) is 0 Å². The van der Waals surface area contributed by atoms with Crippen LogP contribution in [0.25, 0.3) is 0 Å². The largest absolute Gasteiger partial charge is 0.296 e. The van der Waals surface area contributed by atoms with E-state index in [4.69, 9.17) is 0 Å². The number of rotatable bonds is 3. The summed E-state index contributed by atoms with van der Waals surface area (Å²) in [5, 5.41) is 2.46. The fourth-order valence-corrected chi connectivity index (χ4v) is 2.79. The van der Waals surface area contributed by atoms with Crippen LogP contribution in [0.15, 0.2) is 18.2 Å². The Kier molecular flexibility index (Phi) is 4.03. The van der Waals surface area contributed by atoms with Gasteiger partial charge >= 0.3 is 0 Å². The molecule has 0 spiro atoms. The van der Waals surface area contributed by atoms with E-state index in [2.05, 4.69) is 44.3 Å². The lowest BCUT2D eigenvalue weighted by molar-refractivity contribution is -0.137. The summed E-state index contributed by atoms with van der Waals surface area (Å²) in [6.45, 7) is 6.21. The standard InChI is InChI=1S/C16H21NO2/c1-4-5-13-14(9-15(18)17-16(13)19)12-7-6-10(2)11(3)8-12/h6-8,13-14H,4-5,9H2,1-3H3,(H,17,18,19). The van der Waals surface area contributed by atoms with Gasteiger partial charge < -0.3 is 0 Å². The number of benzene rings is 1. The minimum absolute atomic E-state index is 0.0282. The van der Waals surface area contributed by atoms with E-state index in [1.54, 1.807) is 0 Å². The predicted molar refractivity (Wildman–Crippen MR) is 74.8 cm³/mol. The van der Waals surface area contributed by atoms with Gasteiger partial charge in [0.1, 0.15) is 0 Å². The van der Waals surface area contributed by atoms with Gasteiger partial charge in [-0.05, 0) is 37.0 Å². The smallest absolute Gasteiger partial charge is 0.230 e. The Morgan fingerprint density at radius 3 is 2.58 bits per heavy atom. The second-order valence-electron chi connectivity index (χ2n) is 5.46. The van der Waals surface area contributed by atoms with Gasteiger partial charge in [0, 0.05) is 18.3 Å². The van der Waals surface area contributed by atoms with Gasteiger partial charge in [-0.2, -0.15) is 0 Å². The Morgan fingerprint density at radius 1 is 1.21 bits per heavy atom. The molecule has 1 aromatic rings. The number of amides is 2. The number of hydrogen-bond donors (Lipinski definition) is 1. The van der Waals surface area contributed by atoms with Crippen LogP contribution in [0.4, 0.5) is 0 Å². The van der Waals surface area contributed by atoms with Crippen molar-refractivity contribution in [3.8, 4) is 0 Å². The summed E-state index contributed by atoms with van der Waals surface area (Å²) >= 11 is 0. The highest BCUT2D eigenvalue weighted by atomic mass is 16.2. The number of hydrogen-bond acceptors (Lipinski definition) is 2. The van der Waals surface area contributed by atoms with Crippen molar-refractivity contribution in [3.63, 3.8) is 0 Å². The molecule has 2 amide bonds. The average molecular weight is 259 g/mol. The molecular formula is C16H21NO2. The number of piperidine rings is 1. The van der Waals surface area contributed by atoms with Crippen molar-refractivity contribution >= 4 is 11.8 Å². The first-order valence-electron chi connectivity index (χ1n) is 6.93. The molecule has 2 unspecified atom stereocenters. The van der Waals surface area contributed by atoms with Gasteiger partial charge in [-0.25, -0.2) is 0 Å². The molecule has 0 saturated carbocycles. The van der Waals surface area contributed by atoms with E-state index in [1.807, 2.05) is 0 Å². The summed E-state index contributed by atoms with van der Waals surface area (Å²) in [5.74, 6) is -0.313. The van der Waals surface area contributed by atoms with Crippen molar-refractivity contribution < 1.29 is 9.59 Å². The number of carbonyl (C=O) groups is 2. The Labute approximate surface area is 114 Å². The van der Waals surface area contributed by atoms with Crippen molar-refractivity contribution in [2.75, 3.05) is 0 Å². The van der Waals surface area contributed by atoms with E-state index in [9.17, 15) is 9.59 Å². The highest BCUT2D eigenvalue weighted by Gasteiger charge is 2.36. The zero-order valence-corrected chi connectivity index (χ0v) is 11.8. The van der Waals surface area contributed by atoms with Crippen LogP contribution in [0.5, 0.6) is 0 Å². The molecule has 102 valence electrons. The highest BCUT2D eigenvalue weighted by Crippen LogP contribution is 2.34. The normalized spacial score (nSPS) is 23.3. The van der Waals surface area contributed by atoms with Crippen LogP contribution in [0.1, 0.15) is 48.8 Å². The fraction of sp³-hybridized carbons (Fsp3) is 0.500. The molecule has 0 aliphatic carbocycles. The molecule has 1 fully saturated rings. The Hall–Kier alpha value is -1.64. The molecule has 1 N–H and O–H groups in total. The topological polar surface area (TPSA) is 46.2 Å². The first-order valence-corrected chi connectivity index (χ1v) is 6.93. The maximum Gasteiger partial charge on any atom is 0.230 e. The van der Waals surface area contributed by atoms with Crippen molar-refractivity contribution in [2.24, 2.45) is 5.92 Å². The van der Waals surface area contributed by atoms with Crippen molar-refractivity contribution in [1.29, 1.82) is 0 Å². The van der Waals surface area contributed by atoms with Crippen LogP contribution in [-0.4, -0.2) is 11.8 Å². The van der Waals surface area contributed by atoms with E-state index in [0.717, 1.165) is 18.4 Å². The maximum absolute atomic E-state index is 12.0. The minimum atomic E-state index is -0.152. The summed E-state index contributed by atoms with van der Waals surface area (Å²) in [5.41, 5.74) is 3.57. The number of nitrogens with one attached hydrogen (secondary N) is 1. The summed E-state index contributed by atoms with van der Waals surface area (Å²) < 4.78 is 0. The Balaban J connectivity index is 2.34. The molecule has 19 heavy (non-hydrogen) atoms. The summed E-state index contributed by atoms with van der Waals surface area (Å²) in [6, 6.07) is 6.25. The quantitative estimate of drug-likeness (QED) is 0.848. The molecule has 0 radical (unpaired) electrons. The van der Waals surface area contributed by atoms with Gasteiger partial charge in [0.15, 0.2) is 0 Å². The maximum atomic E-state index is 12.0. The predicted octanol–water partition coefficient (Wildman–Crippen LogP) is 2.85. The van der Waals surface area contributed by atoms with Gasteiger partial charge in [0.2, 0.25) is 11.8 Å². The van der Waals surface area contributed by atoms with E-state index in [0.29, 0.717) is 6.42 Å². The van der Waals surface area contributed by atoms with Crippen molar-refractivity contribution in [1.82, 2.24) is 5.32 Å².